The summed E-state index contributed by atoms with van der Waals surface area (Å²) in [5.41, 5.74) is -1.08. The summed E-state index contributed by atoms with van der Waals surface area (Å²) in [5.74, 6) is -0.338. The highest BCUT2D eigenvalue weighted by atomic mass is 32.2. The number of rotatable bonds is 4. The van der Waals surface area contributed by atoms with Crippen molar-refractivity contribution in [3.05, 3.63) is 28.7 Å². The van der Waals surface area contributed by atoms with Crippen molar-refractivity contribution < 1.29 is 13.2 Å². The van der Waals surface area contributed by atoms with Crippen LogP contribution in [0, 0.1) is 0 Å². The van der Waals surface area contributed by atoms with Crippen LogP contribution in [-0.4, -0.2) is 41.8 Å². The number of nitrogens with zero attached hydrogens (tertiary/aromatic N) is 2. The maximum atomic E-state index is 12.5. The quantitative estimate of drug-likeness (QED) is 0.866. The van der Waals surface area contributed by atoms with E-state index in [4.69, 9.17) is 0 Å². The molecule has 1 fully saturated rings. The molecule has 1 saturated heterocycles. The van der Waals surface area contributed by atoms with Gasteiger partial charge in [-0.25, -0.2) is 8.42 Å². The molecule has 7 nitrogen and oxygen atoms in total. The van der Waals surface area contributed by atoms with E-state index >= 15 is 0 Å². The Balaban J connectivity index is 2.28. The number of amides is 1. The van der Waals surface area contributed by atoms with Crippen LogP contribution in [0.4, 0.5) is 0 Å². The second kappa shape index (κ2) is 6.45. The van der Waals surface area contributed by atoms with Gasteiger partial charge in [-0.3, -0.25) is 9.59 Å². The molecule has 23 heavy (non-hydrogen) atoms. The number of hydrogen-bond acceptors (Lipinski definition) is 4. The van der Waals surface area contributed by atoms with Gasteiger partial charge < -0.3 is 9.88 Å². The van der Waals surface area contributed by atoms with Gasteiger partial charge in [0.15, 0.2) is 0 Å². The number of carbonyl (C=O) groups is 1. The van der Waals surface area contributed by atoms with Crippen LogP contribution in [0.5, 0.6) is 0 Å². The molecule has 8 heteroatoms. The van der Waals surface area contributed by atoms with Crippen LogP contribution in [-0.2, 0) is 21.4 Å². The summed E-state index contributed by atoms with van der Waals surface area (Å²) in [7, 11) is -3.79. The molecule has 0 bridgehead atoms. The molecule has 1 N–H and O–H groups in total. The monoisotopic (exact) mass is 341 g/mol. The van der Waals surface area contributed by atoms with Gasteiger partial charge in [0.1, 0.15) is 11.4 Å². The number of nitrogens with one attached hydrogen (secondary N) is 1. The van der Waals surface area contributed by atoms with Crippen molar-refractivity contribution in [3.8, 4) is 0 Å². The molecule has 0 atom stereocenters. The summed E-state index contributed by atoms with van der Waals surface area (Å²) in [6.45, 7) is 6.16. The molecule has 1 aromatic rings. The van der Waals surface area contributed by atoms with E-state index in [-0.39, 0.29) is 17.3 Å². The molecule has 0 aliphatic carbocycles. The third-order valence-corrected chi connectivity index (χ3v) is 5.41. The van der Waals surface area contributed by atoms with E-state index in [1.54, 1.807) is 0 Å². The van der Waals surface area contributed by atoms with Gasteiger partial charge in [0, 0.05) is 24.8 Å². The molecule has 0 spiro atoms. The highest BCUT2D eigenvalue weighted by Gasteiger charge is 2.30. The molecule has 1 aliphatic rings. The third-order valence-electron chi connectivity index (χ3n) is 3.50. The Morgan fingerprint density at radius 3 is 2.43 bits per heavy atom. The standard InChI is InChI=1S/C15H23N3O4S/c1-15(2,3)16-13(19)11-17-8-6-7-12(14(17)20)23(21,22)18-9-4-5-10-18/h6-8H,4-5,9-11H2,1-3H3,(H,16,19). The van der Waals surface area contributed by atoms with Crippen LogP contribution in [0.3, 0.4) is 0 Å². The summed E-state index contributed by atoms with van der Waals surface area (Å²) in [6, 6.07) is 2.78. The second-order valence-electron chi connectivity index (χ2n) is 6.71. The van der Waals surface area contributed by atoms with Gasteiger partial charge in [0.2, 0.25) is 15.9 Å². The molecule has 0 radical (unpaired) electrons. The minimum absolute atomic E-state index is 0.209. The Bertz CT molecular complexity index is 741. The van der Waals surface area contributed by atoms with Crippen LogP contribution in [0.1, 0.15) is 33.6 Å². The number of aromatic nitrogens is 1. The zero-order valence-corrected chi connectivity index (χ0v) is 14.5. The molecule has 1 aliphatic heterocycles. The fourth-order valence-electron chi connectivity index (χ4n) is 2.52. The van der Waals surface area contributed by atoms with Gasteiger partial charge >= 0.3 is 0 Å². The van der Waals surface area contributed by atoms with Crippen molar-refractivity contribution in [2.24, 2.45) is 0 Å². The van der Waals surface area contributed by atoms with Gasteiger partial charge in [0.25, 0.3) is 5.56 Å². The van der Waals surface area contributed by atoms with Gasteiger partial charge in [0.05, 0.1) is 0 Å². The van der Waals surface area contributed by atoms with Crippen molar-refractivity contribution in [2.75, 3.05) is 13.1 Å². The zero-order valence-electron chi connectivity index (χ0n) is 13.7. The molecule has 0 unspecified atom stereocenters. The largest absolute Gasteiger partial charge is 0.350 e. The number of hydrogen-bond donors (Lipinski definition) is 1. The first-order valence-corrected chi connectivity index (χ1v) is 9.06. The lowest BCUT2D eigenvalue weighted by atomic mass is 10.1. The van der Waals surface area contributed by atoms with Crippen molar-refractivity contribution in [3.63, 3.8) is 0 Å². The average molecular weight is 341 g/mol. The molecular weight excluding hydrogens is 318 g/mol. The lowest BCUT2D eigenvalue weighted by Gasteiger charge is -2.21. The SMILES string of the molecule is CC(C)(C)NC(=O)Cn1cccc(S(=O)(=O)N2CCCC2)c1=O. The van der Waals surface area contributed by atoms with Crippen molar-refractivity contribution >= 4 is 15.9 Å². The van der Waals surface area contributed by atoms with E-state index in [2.05, 4.69) is 5.32 Å². The number of sulfonamides is 1. The van der Waals surface area contributed by atoms with E-state index in [1.165, 1.54) is 22.6 Å². The minimum Gasteiger partial charge on any atom is -0.350 e. The van der Waals surface area contributed by atoms with Gasteiger partial charge in [-0.2, -0.15) is 4.31 Å². The molecule has 0 aromatic carbocycles. The Hall–Kier alpha value is -1.67. The molecule has 1 aromatic heterocycles. The Morgan fingerprint density at radius 1 is 1.26 bits per heavy atom. The fourth-order valence-corrected chi connectivity index (χ4v) is 4.12. The molecular formula is C15H23N3O4S. The van der Waals surface area contributed by atoms with Crippen LogP contribution in [0.15, 0.2) is 28.0 Å². The lowest BCUT2D eigenvalue weighted by Crippen LogP contribution is -2.44. The number of pyridine rings is 1. The molecule has 1 amide bonds. The third kappa shape index (κ3) is 4.20. The molecule has 128 valence electrons. The highest BCUT2D eigenvalue weighted by Crippen LogP contribution is 2.18. The van der Waals surface area contributed by atoms with E-state index in [0.29, 0.717) is 13.1 Å². The summed E-state index contributed by atoms with van der Waals surface area (Å²) >= 11 is 0. The molecule has 2 rings (SSSR count). The lowest BCUT2D eigenvalue weighted by molar-refractivity contribution is -0.123. The predicted octanol–water partition coefficient (Wildman–Crippen LogP) is 0.548. The van der Waals surface area contributed by atoms with Crippen LogP contribution >= 0.6 is 0 Å². The van der Waals surface area contributed by atoms with Crippen molar-refractivity contribution in [1.82, 2.24) is 14.2 Å². The highest BCUT2D eigenvalue weighted by molar-refractivity contribution is 7.89. The molecule has 0 saturated carbocycles. The number of carbonyl (C=O) groups excluding carboxylic acids is 1. The first-order chi connectivity index (χ1) is 10.6. The zero-order chi connectivity index (χ0) is 17.3. The summed E-state index contributed by atoms with van der Waals surface area (Å²) < 4.78 is 27.5. The summed E-state index contributed by atoms with van der Waals surface area (Å²) in [5, 5.41) is 2.75. The first-order valence-electron chi connectivity index (χ1n) is 7.62. The van der Waals surface area contributed by atoms with E-state index in [9.17, 15) is 18.0 Å². The van der Waals surface area contributed by atoms with E-state index in [1.807, 2.05) is 20.8 Å². The van der Waals surface area contributed by atoms with Gasteiger partial charge in [-0.05, 0) is 45.7 Å². The Labute approximate surface area is 136 Å². The van der Waals surface area contributed by atoms with Crippen LogP contribution in [0.25, 0.3) is 0 Å². The first kappa shape index (κ1) is 17.7. The smallest absolute Gasteiger partial charge is 0.271 e. The maximum Gasteiger partial charge on any atom is 0.271 e. The minimum atomic E-state index is -3.79. The average Bonchev–Trinajstić information content (AvgIpc) is 2.93. The van der Waals surface area contributed by atoms with E-state index < -0.39 is 21.1 Å². The predicted molar refractivity (Wildman–Crippen MR) is 86.6 cm³/mol. The van der Waals surface area contributed by atoms with Crippen molar-refractivity contribution in [2.45, 2.75) is 50.6 Å². The summed E-state index contributed by atoms with van der Waals surface area (Å²) in [6.07, 6.45) is 3.02. The van der Waals surface area contributed by atoms with Gasteiger partial charge in [-0.1, -0.05) is 0 Å². The summed E-state index contributed by atoms with van der Waals surface area (Å²) in [4.78, 5) is 24.1. The van der Waals surface area contributed by atoms with Crippen LogP contribution in [0.2, 0.25) is 0 Å². The van der Waals surface area contributed by atoms with Crippen molar-refractivity contribution in [1.29, 1.82) is 0 Å². The second-order valence-corrected chi connectivity index (χ2v) is 8.62. The fraction of sp³-hybridized carbons (Fsp3) is 0.600. The Morgan fingerprint density at radius 2 is 1.87 bits per heavy atom. The molecule has 2 heterocycles. The topological polar surface area (TPSA) is 88.5 Å². The van der Waals surface area contributed by atoms with Crippen LogP contribution < -0.4 is 10.9 Å². The Kier molecular flexibility index (Phi) is 4.95. The van der Waals surface area contributed by atoms with E-state index in [0.717, 1.165) is 17.4 Å². The van der Waals surface area contributed by atoms with Gasteiger partial charge in [-0.15, -0.1) is 0 Å². The normalized spacial score (nSPS) is 16.5. The maximum absolute atomic E-state index is 12.5.